The Labute approximate surface area is 239 Å². The molecule has 2 heterocycles. The molecule has 3 aromatic carbocycles. The van der Waals surface area contributed by atoms with Crippen LogP contribution < -0.4 is 16.0 Å². The summed E-state index contributed by atoms with van der Waals surface area (Å²) in [6.45, 7) is 0.345. The Morgan fingerprint density at radius 2 is 1.98 bits per heavy atom. The van der Waals surface area contributed by atoms with Gasteiger partial charge in [-0.1, -0.05) is 47.1 Å². The Balaban J connectivity index is 1.32. The number of benzene rings is 3. The summed E-state index contributed by atoms with van der Waals surface area (Å²) in [5.41, 5.74) is 3.45. The van der Waals surface area contributed by atoms with Crippen molar-refractivity contribution in [1.29, 1.82) is 0 Å². The lowest BCUT2D eigenvalue weighted by molar-refractivity contribution is -0.117. The molecule has 0 bridgehead atoms. The summed E-state index contributed by atoms with van der Waals surface area (Å²) >= 11 is 6.20. The van der Waals surface area contributed by atoms with Crippen LogP contribution in [0.25, 0.3) is 22.7 Å². The van der Waals surface area contributed by atoms with Gasteiger partial charge in [0.15, 0.2) is 11.4 Å². The summed E-state index contributed by atoms with van der Waals surface area (Å²) in [6.07, 6.45) is 4.53. The van der Waals surface area contributed by atoms with Gasteiger partial charge in [0, 0.05) is 28.9 Å². The van der Waals surface area contributed by atoms with E-state index in [1.807, 2.05) is 30.3 Å². The number of anilines is 2. The first-order valence-corrected chi connectivity index (χ1v) is 12.9. The first-order chi connectivity index (χ1) is 20.0. The lowest BCUT2D eigenvalue weighted by Gasteiger charge is -2.19. The topological polar surface area (TPSA) is 149 Å². The number of hydrogen-bond acceptors (Lipinski definition) is 9. The fourth-order valence-corrected chi connectivity index (χ4v) is 4.34. The van der Waals surface area contributed by atoms with Gasteiger partial charge in [-0.25, -0.2) is 4.79 Å². The minimum atomic E-state index is -0.586. The Morgan fingerprint density at radius 3 is 2.76 bits per heavy atom. The second-order valence-electron chi connectivity index (χ2n) is 8.93. The normalized spacial score (nSPS) is 11.9. The van der Waals surface area contributed by atoms with Gasteiger partial charge < -0.3 is 19.9 Å². The maximum atomic E-state index is 13.1. The number of halogens is 1. The minimum absolute atomic E-state index is 0.301. The lowest BCUT2D eigenvalue weighted by Crippen LogP contribution is -2.40. The smallest absolute Gasteiger partial charge is 0.411 e. The molecule has 41 heavy (non-hydrogen) atoms. The van der Waals surface area contributed by atoms with E-state index in [0.717, 1.165) is 5.56 Å². The number of amides is 2. The molecule has 3 N–H and O–H groups in total. The molecule has 0 saturated heterocycles. The van der Waals surface area contributed by atoms with E-state index in [2.05, 4.69) is 41.4 Å². The molecule has 0 aliphatic heterocycles. The van der Waals surface area contributed by atoms with Crippen LogP contribution in [-0.4, -0.2) is 57.1 Å². The first-order valence-electron chi connectivity index (χ1n) is 12.5. The molecule has 208 valence electrons. The molecule has 5 aromatic rings. The molecule has 0 saturated carbocycles. The number of tetrazole rings is 1. The van der Waals surface area contributed by atoms with Crippen molar-refractivity contribution >= 4 is 52.2 Å². The van der Waals surface area contributed by atoms with E-state index in [0.29, 0.717) is 51.7 Å². The summed E-state index contributed by atoms with van der Waals surface area (Å²) in [7, 11) is 1.29. The molecule has 0 fully saturated rings. The van der Waals surface area contributed by atoms with Crippen molar-refractivity contribution in [3.8, 4) is 5.69 Å². The van der Waals surface area contributed by atoms with Crippen LogP contribution in [-0.2, 0) is 16.0 Å². The summed E-state index contributed by atoms with van der Waals surface area (Å²) in [6, 6.07) is 19.8. The SMILES string of the molecule is COC(=O)Nc1ccc2onc(NC[C@H](Cc3ccccc3)NC(=O)/C=C/c3cc(Cl)ccc3-n3cnnn3)c2c1. The van der Waals surface area contributed by atoms with Crippen LogP contribution in [0.4, 0.5) is 16.3 Å². The van der Waals surface area contributed by atoms with Crippen LogP contribution in [0.5, 0.6) is 0 Å². The summed E-state index contributed by atoms with van der Waals surface area (Å²) in [5, 5.41) is 25.5. The highest BCUT2D eigenvalue weighted by Gasteiger charge is 2.16. The largest absolute Gasteiger partial charge is 0.453 e. The Morgan fingerprint density at radius 1 is 1.12 bits per heavy atom. The highest BCUT2D eigenvalue weighted by molar-refractivity contribution is 6.30. The average molecular weight is 573 g/mol. The third kappa shape index (κ3) is 7.05. The Bertz CT molecular complexity index is 1670. The number of carbonyl (C=O) groups excluding carboxylic acids is 2. The van der Waals surface area contributed by atoms with Gasteiger partial charge in [0.25, 0.3) is 0 Å². The number of fused-ring (bicyclic) bond motifs is 1. The lowest BCUT2D eigenvalue weighted by atomic mass is 10.1. The maximum Gasteiger partial charge on any atom is 0.411 e. The van der Waals surface area contributed by atoms with Crippen molar-refractivity contribution in [2.75, 3.05) is 24.3 Å². The van der Waals surface area contributed by atoms with Crippen LogP contribution in [0.1, 0.15) is 11.1 Å². The summed E-state index contributed by atoms with van der Waals surface area (Å²) in [4.78, 5) is 24.7. The monoisotopic (exact) mass is 572 g/mol. The highest BCUT2D eigenvalue weighted by atomic mass is 35.5. The fraction of sp³-hybridized carbons (Fsp3) is 0.143. The van der Waals surface area contributed by atoms with E-state index in [1.165, 1.54) is 24.2 Å². The van der Waals surface area contributed by atoms with Gasteiger partial charge in [0.05, 0.1) is 24.2 Å². The van der Waals surface area contributed by atoms with Gasteiger partial charge >= 0.3 is 6.09 Å². The third-order valence-electron chi connectivity index (χ3n) is 6.09. The van der Waals surface area contributed by atoms with Crippen molar-refractivity contribution < 1.29 is 18.8 Å². The predicted molar refractivity (Wildman–Crippen MR) is 154 cm³/mol. The van der Waals surface area contributed by atoms with Gasteiger partial charge in [-0.15, -0.1) is 5.10 Å². The standard InChI is InChI=1S/C28H25ClN8O4/c1-40-28(39)33-21-9-11-25-23(15-21)27(34-41-25)30-16-22(13-18-5-3-2-4-6-18)32-26(38)12-7-19-14-20(29)8-10-24(19)37-17-31-35-36-37/h2-12,14-15,17,22H,13,16H2,1H3,(H,30,34)(H,32,38)(H,33,39)/b12-7+/t22-/m0/s1. The number of carbonyl (C=O) groups is 2. The first kappa shape index (κ1) is 27.3. The molecule has 1 atom stereocenters. The maximum absolute atomic E-state index is 13.1. The van der Waals surface area contributed by atoms with Crippen molar-refractivity contribution in [3.05, 3.63) is 95.3 Å². The number of methoxy groups -OCH3 is 1. The van der Waals surface area contributed by atoms with Crippen molar-refractivity contribution in [2.45, 2.75) is 12.5 Å². The van der Waals surface area contributed by atoms with Gasteiger partial charge in [0.2, 0.25) is 5.91 Å². The number of aromatic nitrogens is 5. The predicted octanol–water partition coefficient (Wildman–Crippen LogP) is 4.49. The molecule has 0 radical (unpaired) electrons. The molecular weight excluding hydrogens is 548 g/mol. The molecule has 13 heteroatoms. The molecule has 2 amide bonds. The second kappa shape index (κ2) is 12.7. The Hall–Kier alpha value is -5.23. The Kier molecular flexibility index (Phi) is 8.50. The quantitative estimate of drug-likeness (QED) is 0.206. The van der Waals surface area contributed by atoms with Crippen molar-refractivity contribution in [1.82, 2.24) is 30.7 Å². The van der Waals surface area contributed by atoms with Crippen LogP contribution in [0.15, 0.2) is 83.7 Å². The van der Waals surface area contributed by atoms with Crippen molar-refractivity contribution in [2.24, 2.45) is 0 Å². The second-order valence-corrected chi connectivity index (χ2v) is 9.36. The van der Waals surface area contributed by atoms with E-state index in [-0.39, 0.29) is 11.9 Å². The van der Waals surface area contributed by atoms with Gasteiger partial charge in [0.1, 0.15) is 6.33 Å². The van der Waals surface area contributed by atoms with E-state index < -0.39 is 6.09 Å². The average Bonchev–Trinajstić information content (AvgIpc) is 3.66. The van der Waals surface area contributed by atoms with Crippen LogP contribution in [0, 0.1) is 0 Å². The molecule has 2 aromatic heterocycles. The molecule has 0 aliphatic rings. The van der Waals surface area contributed by atoms with E-state index >= 15 is 0 Å². The molecule has 12 nitrogen and oxygen atoms in total. The zero-order valence-corrected chi connectivity index (χ0v) is 22.6. The van der Waals surface area contributed by atoms with Crippen molar-refractivity contribution in [3.63, 3.8) is 0 Å². The number of rotatable bonds is 10. The molecule has 5 rings (SSSR count). The van der Waals surface area contributed by atoms with E-state index in [1.54, 1.807) is 42.5 Å². The van der Waals surface area contributed by atoms with E-state index in [4.69, 9.17) is 16.1 Å². The molecule has 0 spiro atoms. The molecule has 0 unspecified atom stereocenters. The highest BCUT2D eigenvalue weighted by Crippen LogP contribution is 2.26. The molecular formula is C28H25ClN8O4. The molecule has 0 aliphatic carbocycles. The van der Waals surface area contributed by atoms with E-state index in [9.17, 15) is 9.59 Å². The zero-order valence-electron chi connectivity index (χ0n) is 21.8. The van der Waals surface area contributed by atoms with Gasteiger partial charge in [-0.2, -0.15) is 4.68 Å². The van der Waals surface area contributed by atoms with Gasteiger partial charge in [-0.05, 0) is 64.9 Å². The van der Waals surface area contributed by atoms with Crippen LogP contribution >= 0.6 is 11.6 Å². The summed E-state index contributed by atoms with van der Waals surface area (Å²) < 4.78 is 11.6. The van der Waals surface area contributed by atoms with Crippen LogP contribution in [0.3, 0.4) is 0 Å². The fourth-order valence-electron chi connectivity index (χ4n) is 4.16. The number of hydrogen-bond donors (Lipinski definition) is 3. The van der Waals surface area contributed by atoms with Crippen LogP contribution in [0.2, 0.25) is 5.02 Å². The summed E-state index contributed by atoms with van der Waals surface area (Å²) in [5.74, 6) is 0.173. The number of nitrogens with zero attached hydrogens (tertiary/aromatic N) is 5. The number of ether oxygens (including phenoxy) is 1. The zero-order chi connectivity index (χ0) is 28.6. The number of nitrogens with one attached hydrogen (secondary N) is 3. The minimum Gasteiger partial charge on any atom is -0.453 e. The van der Waals surface area contributed by atoms with Gasteiger partial charge in [-0.3, -0.25) is 10.1 Å². The third-order valence-corrected chi connectivity index (χ3v) is 6.32.